The molecule has 0 saturated heterocycles. The molecule has 20 heavy (non-hydrogen) atoms. The van der Waals surface area contributed by atoms with E-state index in [1.165, 1.54) is 17.8 Å². The summed E-state index contributed by atoms with van der Waals surface area (Å²) in [6.07, 6.45) is 3.42. The fraction of sp³-hybridized carbons (Fsp3) is 0.571. The maximum atomic E-state index is 12.7. The van der Waals surface area contributed by atoms with Gasteiger partial charge in [-0.3, -0.25) is 0 Å². The smallest absolute Gasteiger partial charge is 0.246 e. The zero-order valence-corrected chi connectivity index (χ0v) is 12.8. The molecular weight excluding hydrogens is 276 g/mol. The summed E-state index contributed by atoms with van der Waals surface area (Å²) in [5.74, 6) is 0.848. The van der Waals surface area contributed by atoms with Gasteiger partial charge in [-0.15, -0.1) is 0 Å². The van der Waals surface area contributed by atoms with Gasteiger partial charge in [0.2, 0.25) is 10.0 Å². The Balaban J connectivity index is 2.31. The lowest BCUT2D eigenvalue weighted by Crippen LogP contribution is -2.34. The zero-order valence-electron chi connectivity index (χ0n) is 12.0. The fourth-order valence-electron chi connectivity index (χ4n) is 2.35. The first-order chi connectivity index (χ1) is 9.48. The van der Waals surface area contributed by atoms with Crippen LogP contribution in [-0.4, -0.2) is 33.4 Å². The van der Waals surface area contributed by atoms with Crippen molar-refractivity contribution in [2.24, 2.45) is 11.7 Å². The minimum Gasteiger partial charge on any atom is -0.495 e. The van der Waals surface area contributed by atoms with Gasteiger partial charge in [-0.05, 0) is 36.5 Å². The normalized spacial score (nSPS) is 16.2. The number of benzene rings is 1. The van der Waals surface area contributed by atoms with Crippen LogP contribution in [-0.2, 0) is 16.6 Å². The molecule has 0 aliphatic heterocycles. The molecule has 2 rings (SSSR count). The molecule has 0 atom stereocenters. The summed E-state index contributed by atoms with van der Waals surface area (Å²) < 4.78 is 31.9. The third-order valence-corrected chi connectivity index (χ3v) is 5.74. The van der Waals surface area contributed by atoms with E-state index in [1.54, 1.807) is 25.2 Å². The molecule has 0 bridgehead atoms. The molecule has 6 heteroatoms. The maximum Gasteiger partial charge on any atom is 0.246 e. The summed E-state index contributed by atoms with van der Waals surface area (Å²) in [6.45, 7) is 0.872. The maximum absolute atomic E-state index is 12.7. The zero-order chi connectivity index (χ0) is 14.8. The molecule has 1 aromatic rings. The van der Waals surface area contributed by atoms with Crippen LogP contribution in [0.15, 0.2) is 23.1 Å². The number of hydrogen-bond acceptors (Lipinski definition) is 4. The van der Waals surface area contributed by atoms with Crippen LogP contribution < -0.4 is 10.5 Å². The SMILES string of the molecule is COc1ccc(CN)cc1S(=O)(=O)N(C)CC1CCC1. The molecule has 112 valence electrons. The van der Waals surface area contributed by atoms with Crippen molar-refractivity contribution in [1.29, 1.82) is 0 Å². The second-order valence-corrected chi connectivity index (χ2v) is 7.29. The van der Waals surface area contributed by atoms with Crippen molar-refractivity contribution >= 4 is 10.0 Å². The Hall–Kier alpha value is -1.11. The van der Waals surface area contributed by atoms with E-state index in [0.717, 1.165) is 18.4 Å². The summed E-state index contributed by atoms with van der Waals surface area (Å²) in [4.78, 5) is 0.199. The first kappa shape index (κ1) is 15.3. The van der Waals surface area contributed by atoms with E-state index < -0.39 is 10.0 Å². The van der Waals surface area contributed by atoms with Gasteiger partial charge in [0.05, 0.1) is 7.11 Å². The molecule has 0 heterocycles. The third-order valence-electron chi connectivity index (χ3n) is 3.89. The van der Waals surface area contributed by atoms with Crippen molar-refractivity contribution in [2.45, 2.75) is 30.7 Å². The van der Waals surface area contributed by atoms with E-state index in [0.29, 0.717) is 24.8 Å². The molecule has 0 amide bonds. The van der Waals surface area contributed by atoms with Gasteiger partial charge < -0.3 is 10.5 Å². The van der Waals surface area contributed by atoms with Crippen LogP contribution in [0.25, 0.3) is 0 Å². The molecule has 1 fully saturated rings. The first-order valence-corrected chi connectivity index (χ1v) is 8.26. The quantitative estimate of drug-likeness (QED) is 0.865. The van der Waals surface area contributed by atoms with Crippen LogP contribution in [0, 0.1) is 5.92 Å². The van der Waals surface area contributed by atoms with Crippen molar-refractivity contribution in [3.8, 4) is 5.75 Å². The largest absolute Gasteiger partial charge is 0.495 e. The molecule has 1 aromatic carbocycles. The molecule has 5 nitrogen and oxygen atoms in total. The lowest BCUT2D eigenvalue weighted by molar-refractivity contribution is 0.262. The van der Waals surface area contributed by atoms with E-state index in [9.17, 15) is 8.42 Å². The number of nitrogens with zero attached hydrogens (tertiary/aromatic N) is 1. The first-order valence-electron chi connectivity index (χ1n) is 6.82. The monoisotopic (exact) mass is 298 g/mol. The lowest BCUT2D eigenvalue weighted by atomic mass is 9.86. The Morgan fingerprint density at radius 2 is 2.10 bits per heavy atom. The fourth-order valence-corrected chi connectivity index (χ4v) is 3.80. The highest BCUT2D eigenvalue weighted by Crippen LogP contribution is 2.31. The van der Waals surface area contributed by atoms with Crippen LogP contribution in [0.4, 0.5) is 0 Å². The van der Waals surface area contributed by atoms with Crippen molar-refractivity contribution < 1.29 is 13.2 Å². The summed E-state index contributed by atoms with van der Waals surface area (Å²) in [7, 11) is -0.431. The van der Waals surface area contributed by atoms with Crippen molar-refractivity contribution in [2.75, 3.05) is 20.7 Å². The lowest BCUT2D eigenvalue weighted by Gasteiger charge is -2.30. The summed E-state index contributed by atoms with van der Waals surface area (Å²) in [5, 5.41) is 0. The number of rotatable bonds is 6. The van der Waals surface area contributed by atoms with Gasteiger partial charge in [-0.25, -0.2) is 12.7 Å². The topological polar surface area (TPSA) is 72.6 Å². The van der Waals surface area contributed by atoms with Crippen LogP contribution in [0.2, 0.25) is 0 Å². The predicted molar refractivity (Wildman–Crippen MR) is 78.0 cm³/mol. The number of nitrogens with two attached hydrogens (primary N) is 1. The highest BCUT2D eigenvalue weighted by Gasteiger charge is 2.29. The number of sulfonamides is 1. The average Bonchev–Trinajstić information content (AvgIpc) is 2.41. The highest BCUT2D eigenvalue weighted by atomic mass is 32.2. The Labute approximate surface area is 120 Å². The number of hydrogen-bond donors (Lipinski definition) is 1. The van der Waals surface area contributed by atoms with Gasteiger partial charge in [-0.2, -0.15) is 0 Å². The van der Waals surface area contributed by atoms with Gasteiger partial charge in [0, 0.05) is 20.1 Å². The molecule has 0 unspecified atom stereocenters. The molecule has 0 aromatic heterocycles. The van der Waals surface area contributed by atoms with Crippen molar-refractivity contribution in [1.82, 2.24) is 4.31 Å². The van der Waals surface area contributed by atoms with Crippen LogP contribution >= 0.6 is 0 Å². The standard InChI is InChI=1S/C14H22N2O3S/c1-16(10-11-4-3-5-11)20(17,18)14-8-12(9-15)6-7-13(14)19-2/h6-8,11H,3-5,9-10,15H2,1-2H3. The van der Waals surface area contributed by atoms with E-state index >= 15 is 0 Å². The average molecular weight is 298 g/mol. The molecule has 0 spiro atoms. The second kappa shape index (κ2) is 6.11. The molecule has 1 aliphatic rings. The number of methoxy groups -OCH3 is 1. The summed E-state index contributed by atoms with van der Waals surface area (Å²) >= 11 is 0. The molecule has 1 aliphatic carbocycles. The molecule has 2 N–H and O–H groups in total. The second-order valence-electron chi connectivity index (χ2n) is 5.27. The minimum absolute atomic E-state index is 0.199. The van der Waals surface area contributed by atoms with Crippen LogP contribution in [0.5, 0.6) is 5.75 Å². The van der Waals surface area contributed by atoms with E-state index in [4.69, 9.17) is 10.5 Å². The third kappa shape index (κ3) is 2.97. The minimum atomic E-state index is -3.53. The molecule has 0 radical (unpaired) electrons. The van der Waals surface area contributed by atoms with Gasteiger partial charge >= 0.3 is 0 Å². The van der Waals surface area contributed by atoms with Crippen molar-refractivity contribution in [3.63, 3.8) is 0 Å². The van der Waals surface area contributed by atoms with E-state index in [-0.39, 0.29) is 4.90 Å². The van der Waals surface area contributed by atoms with Gasteiger partial charge in [0.1, 0.15) is 10.6 Å². The predicted octanol–water partition coefficient (Wildman–Crippen LogP) is 1.57. The molecular formula is C14H22N2O3S. The Bertz CT molecular complexity index is 568. The highest BCUT2D eigenvalue weighted by molar-refractivity contribution is 7.89. The van der Waals surface area contributed by atoms with Gasteiger partial charge in [0.25, 0.3) is 0 Å². The molecule has 1 saturated carbocycles. The Kier molecular flexibility index (Phi) is 4.67. The van der Waals surface area contributed by atoms with Crippen LogP contribution in [0.3, 0.4) is 0 Å². The van der Waals surface area contributed by atoms with Gasteiger partial charge in [-0.1, -0.05) is 12.5 Å². The Morgan fingerprint density at radius 1 is 1.40 bits per heavy atom. The van der Waals surface area contributed by atoms with Crippen LogP contribution in [0.1, 0.15) is 24.8 Å². The van der Waals surface area contributed by atoms with Gasteiger partial charge in [0.15, 0.2) is 0 Å². The van der Waals surface area contributed by atoms with E-state index in [1.807, 2.05) is 0 Å². The summed E-state index contributed by atoms with van der Waals surface area (Å²) in [6, 6.07) is 5.04. The van der Waals surface area contributed by atoms with E-state index in [2.05, 4.69) is 0 Å². The Morgan fingerprint density at radius 3 is 2.60 bits per heavy atom. The summed E-state index contributed by atoms with van der Waals surface area (Å²) in [5.41, 5.74) is 6.37. The van der Waals surface area contributed by atoms with Crippen molar-refractivity contribution in [3.05, 3.63) is 23.8 Å². The number of ether oxygens (including phenoxy) is 1.